The Kier molecular flexibility index (Phi) is 8.54. The van der Waals surface area contributed by atoms with Crippen LogP contribution < -0.4 is 23.8 Å². The molecule has 1 aliphatic heterocycles. The molecule has 0 radical (unpaired) electrons. The summed E-state index contributed by atoms with van der Waals surface area (Å²) in [4.78, 5) is 11.4. The Bertz CT molecular complexity index is 1160. The summed E-state index contributed by atoms with van der Waals surface area (Å²) in [7, 11) is 1.48. The van der Waals surface area contributed by atoms with Gasteiger partial charge < -0.3 is 19.6 Å². The maximum atomic E-state index is 16.1. The third-order valence-corrected chi connectivity index (χ3v) is 7.35. The van der Waals surface area contributed by atoms with Gasteiger partial charge in [0.2, 0.25) is 0 Å². The van der Waals surface area contributed by atoms with Crippen molar-refractivity contribution in [3.05, 3.63) is 53.4 Å². The molecule has 2 atom stereocenters. The molecule has 2 N–H and O–H groups in total. The van der Waals surface area contributed by atoms with Crippen LogP contribution in [0.1, 0.15) is 26.2 Å². The smallest absolute Gasteiger partial charge is 0.196 e. The van der Waals surface area contributed by atoms with Crippen molar-refractivity contribution in [1.82, 2.24) is 10.0 Å². The summed E-state index contributed by atoms with van der Waals surface area (Å²) in [6, 6.07) is 6.99. The lowest BCUT2D eigenvalue weighted by molar-refractivity contribution is -0.106. The summed E-state index contributed by atoms with van der Waals surface area (Å²) >= 11 is -1.84. The van der Waals surface area contributed by atoms with Gasteiger partial charge in [-0.05, 0) is 68.9 Å². The lowest BCUT2D eigenvalue weighted by Gasteiger charge is -2.25. The van der Waals surface area contributed by atoms with Gasteiger partial charge >= 0.3 is 0 Å². The first-order valence-electron chi connectivity index (χ1n) is 11.9. The Morgan fingerprint density at radius 1 is 1.31 bits per heavy atom. The molecule has 1 heterocycles. The molecule has 188 valence electrons. The van der Waals surface area contributed by atoms with E-state index in [1.807, 2.05) is 6.07 Å². The van der Waals surface area contributed by atoms with Gasteiger partial charge in [0, 0.05) is 17.8 Å². The number of nitrogens with one attached hydrogen (secondary N) is 2. The summed E-state index contributed by atoms with van der Waals surface area (Å²) in [5, 5.41) is 4.25. The largest absolute Gasteiger partial charge is 0.493 e. The number of carbonyl (C=O) groups excluding carboxylic acids is 1. The van der Waals surface area contributed by atoms with E-state index in [2.05, 4.69) is 29.1 Å². The van der Waals surface area contributed by atoms with Gasteiger partial charge in [-0.1, -0.05) is 23.8 Å². The number of ether oxygens (including phenoxy) is 2. The predicted molar refractivity (Wildman–Crippen MR) is 138 cm³/mol. The number of carbonyl (C=O) groups is 1. The van der Waals surface area contributed by atoms with Crippen LogP contribution >= 0.6 is 0 Å². The van der Waals surface area contributed by atoms with Crippen LogP contribution in [0.25, 0.3) is 10.8 Å². The fourth-order valence-electron chi connectivity index (χ4n) is 4.41. The highest BCUT2D eigenvalue weighted by Gasteiger charge is 2.25. The molecule has 1 aliphatic carbocycles. The Morgan fingerprint density at radius 3 is 2.89 bits per heavy atom. The van der Waals surface area contributed by atoms with Crippen LogP contribution in [0.5, 0.6) is 11.5 Å². The molecule has 0 spiro atoms. The second-order valence-corrected chi connectivity index (χ2v) is 10.2. The minimum absolute atomic E-state index is 0.0217. The van der Waals surface area contributed by atoms with Crippen molar-refractivity contribution >= 4 is 33.9 Å². The number of aldehydes is 1. The second kappa shape index (κ2) is 11.8. The van der Waals surface area contributed by atoms with Crippen LogP contribution in [0.3, 0.4) is 0 Å². The van der Waals surface area contributed by atoms with E-state index < -0.39 is 17.0 Å². The monoisotopic (exact) mass is 501 g/mol. The molecule has 0 amide bonds. The van der Waals surface area contributed by atoms with Crippen LogP contribution in [0.4, 0.5) is 10.1 Å². The molecule has 9 heteroatoms. The lowest BCUT2D eigenvalue weighted by atomic mass is 10.0. The van der Waals surface area contributed by atoms with E-state index in [-0.39, 0.29) is 24.6 Å². The van der Waals surface area contributed by atoms with E-state index in [0.29, 0.717) is 35.3 Å². The van der Waals surface area contributed by atoms with Crippen molar-refractivity contribution in [3.8, 4) is 11.5 Å². The molecule has 2 aromatic rings. The minimum Gasteiger partial charge on any atom is -0.493 e. The second-order valence-electron chi connectivity index (χ2n) is 8.87. The zero-order valence-corrected chi connectivity index (χ0v) is 21.0. The average molecular weight is 502 g/mol. The third kappa shape index (κ3) is 6.09. The molecule has 35 heavy (non-hydrogen) atoms. The molecule has 2 unspecified atom stereocenters. The fourth-order valence-corrected chi connectivity index (χ4v) is 5.17. The van der Waals surface area contributed by atoms with Crippen LogP contribution in [-0.2, 0) is 16.0 Å². The maximum Gasteiger partial charge on any atom is 0.196 e. The van der Waals surface area contributed by atoms with Crippen LogP contribution in [0.2, 0.25) is 0 Å². The number of benzene rings is 2. The predicted octanol–water partition coefficient (Wildman–Crippen LogP) is 3.82. The highest BCUT2D eigenvalue weighted by atomic mass is 32.2. The minimum atomic E-state index is -1.84. The van der Waals surface area contributed by atoms with E-state index in [9.17, 15) is 9.00 Å². The van der Waals surface area contributed by atoms with Crippen molar-refractivity contribution in [1.29, 1.82) is 0 Å². The number of anilines is 1. The van der Waals surface area contributed by atoms with Gasteiger partial charge in [0.1, 0.15) is 30.1 Å². The van der Waals surface area contributed by atoms with Crippen molar-refractivity contribution in [2.45, 2.75) is 26.2 Å². The van der Waals surface area contributed by atoms with Crippen molar-refractivity contribution < 1.29 is 22.9 Å². The van der Waals surface area contributed by atoms with E-state index in [4.69, 9.17) is 9.47 Å². The normalized spacial score (nSPS) is 18.7. The summed E-state index contributed by atoms with van der Waals surface area (Å²) in [6.45, 7) is 4.49. The van der Waals surface area contributed by atoms with Gasteiger partial charge in [-0.2, -0.15) is 0 Å². The van der Waals surface area contributed by atoms with Crippen molar-refractivity contribution in [2.24, 2.45) is 5.92 Å². The van der Waals surface area contributed by atoms with Crippen molar-refractivity contribution in [2.75, 3.05) is 44.2 Å². The summed E-state index contributed by atoms with van der Waals surface area (Å²) in [5.41, 5.74) is 2.24. The number of fused-ring (bicyclic) bond motifs is 1. The molecule has 4 rings (SSSR count). The molecule has 7 nitrogen and oxygen atoms in total. The van der Waals surface area contributed by atoms with E-state index in [1.54, 1.807) is 18.2 Å². The molecule has 0 saturated carbocycles. The Labute approximate surface area is 208 Å². The Hall–Kier alpha value is -2.75. The molecular formula is C26H32FN3O4S. The third-order valence-electron chi connectivity index (χ3n) is 6.27. The van der Waals surface area contributed by atoms with Gasteiger partial charge in [-0.15, -0.1) is 0 Å². The Morgan fingerprint density at radius 2 is 2.17 bits per heavy atom. The summed E-state index contributed by atoms with van der Waals surface area (Å²) < 4.78 is 44.5. The summed E-state index contributed by atoms with van der Waals surface area (Å²) in [6.07, 6.45) is 7.75. The van der Waals surface area contributed by atoms with Gasteiger partial charge in [0.05, 0.1) is 13.2 Å². The Balaban J connectivity index is 1.70. The van der Waals surface area contributed by atoms with Crippen molar-refractivity contribution in [3.63, 3.8) is 0 Å². The summed E-state index contributed by atoms with van der Waals surface area (Å²) in [5.74, 6) is 0.603. The first-order chi connectivity index (χ1) is 17.0. The topological polar surface area (TPSA) is 79.9 Å². The molecule has 0 aromatic heterocycles. The van der Waals surface area contributed by atoms with Gasteiger partial charge in [-0.25, -0.2) is 13.3 Å². The fraction of sp³-hybridized carbons (Fsp3) is 0.423. The number of halogens is 1. The van der Waals surface area contributed by atoms with E-state index in [0.717, 1.165) is 37.9 Å². The van der Waals surface area contributed by atoms with E-state index >= 15 is 4.39 Å². The molecule has 2 aliphatic rings. The van der Waals surface area contributed by atoms with Crippen LogP contribution in [-0.4, -0.2) is 50.4 Å². The first-order valence-corrected chi connectivity index (χ1v) is 13.0. The molecule has 1 fully saturated rings. The van der Waals surface area contributed by atoms with Gasteiger partial charge in [0.25, 0.3) is 0 Å². The SMILES string of the molecule is CNS(=O)N(CC=O)c1c(OCC2=CCCC(C)=C2)cc2ccc(OCC3CCNC3)cc2c1F. The molecule has 2 aromatic carbocycles. The molecule has 0 bridgehead atoms. The highest BCUT2D eigenvalue weighted by molar-refractivity contribution is 7.84. The molecular weight excluding hydrogens is 469 g/mol. The number of rotatable bonds is 11. The lowest BCUT2D eigenvalue weighted by Crippen LogP contribution is -2.35. The van der Waals surface area contributed by atoms with Gasteiger partial charge in [-0.3, -0.25) is 4.31 Å². The quantitative estimate of drug-likeness (QED) is 0.458. The number of nitrogens with zero attached hydrogens (tertiary/aromatic N) is 1. The van der Waals surface area contributed by atoms with Gasteiger partial charge in [0.15, 0.2) is 17.0 Å². The molecule has 1 saturated heterocycles. The zero-order valence-electron chi connectivity index (χ0n) is 20.1. The standard InChI is InChI=1S/C26H32FN3O4S/c1-18-4-3-5-19(12-18)16-34-24-13-21-6-7-22(33-17-20-8-9-29-15-20)14-23(21)25(27)26(24)30(10-11-31)35(32)28-2/h5-7,11-14,20,28-29H,3-4,8-10,15-17H2,1-2H3. The maximum absolute atomic E-state index is 16.1. The van der Waals surface area contributed by atoms with E-state index in [1.165, 1.54) is 16.9 Å². The first kappa shape index (κ1) is 25.3. The number of allylic oxidation sites excluding steroid dienone is 2. The highest BCUT2D eigenvalue weighted by Crippen LogP contribution is 2.39. The average Bonchev–Trinajstić information content (AvgIpc) is 3.39. The number of hydrogen-bond acceptors (Lipinski definition) is 5. The zero-order chi connectivity index (χ0) is 24.8. The number of hydrogen-bond donors (Lipinski definition) is 2. The van der Waals surface area contributed by atoms with Crippen LogP contribution in [0.15, 0.2) is 47.6 Å². The van der Waals surface area contributed by atoms with Crippen LogP contribution in [0, 0.1) is 11.7 Å².